The van der Waals surface area contributed by atoms with Gasteiger partial charge in [-0.15, -0.1) is 0 Å². The van der Waals surface area contributed by atoms with Gasteiger partial charge < -0.3 is 10.3 Å². The molecule has 0 radical (unpaired) electrons. The minimum atomic E-state index is -0.350. The predicted molar refractivity (Wildman–Crippen MR) is 105 cm³/mol. The summed E-state index contributed by atoms with van der Waals surface area (Å²) in [4.78, 5) is 28.0. The fourth-order valence-electron chi connectivity index (χ4n) is 3.12. The van der Waals surface area contributed by atoms with Crippen LogP contribution in [-0.2, 0) is 6.54 Å². The maximum Gasteiger partial charge on any atom is 0.257 e. The number of hydrogen-bond acceptors (Lipinski definition) is 3. The number of nitrogens with one attached hydrogen (secondary N) is 2. The van der Waals surface area contributed by atoms with Crippen molar-refractivity contribution in [3.05, 3.63) is 93.8 Å². The third kappa shape index (κ3) is 3.55. The van der Waals surface area contributed by atoms with Crippen molar-refractivity contribution in [1.29, 1.82) is 0 Å². The number of H-pyrrole nitrogens is 1. The summed E-state index contributed by atoms with van der Waals surface area (Å²) in [6.45, 7) is 2.15. The van der Waals surface area contributed by atoms with Gasteiger partial charge in [0.1, 0.15) is 5.82 Å². The molecule has 28 heavy (non-hydrogen) atoms. The highest BCUT2D eigenvalue weighted by atomic mass is 19.1. The Morgan fingerprint density at radius 3 is 2.86 bits per heavy atom. The first-order valence-electron chi connectivity index (χ1n) is 8.70. The van der Waals surface area contributed by atoms with E-state index in [0.717, 1.165) is 5.56 Å². The molecule has 0 unspecified atom stereocenters. The van der Waals surface area contributed by atoms with Crippen molar-refractivity contribution >= 4 is 22.5 Å². The van der Waals surface area contributed by atoms with E-state index in [1.54, 1.807) is 48.1 Å². The molecule has 2 N–H and O–H groups in total. The number of carbonyl (C=O) groups is 1. The lowest BCUT2D eigenvalue weighted by Crippen LogP contribution is -2.14. The fourth-order valence-corrected chi connectivity index (χ4v) is 3.12. The Labute approximate surface area is 159 Å². The molecule has 140 valence electrons. The van der Waals surface area contributed by atoms with Crippen LogP contribution in [0.4, 0.5) is 10.1 Å². The minimum absolute atomic E-state index is 0.135. The third-order valence-electron chi connectivity index (χ3n) is 4.37. The summed E-state index contributed by atoms with van der Waals surface area (Å²) >= 11 is 0. The van der Waals surface area contributed by atoms with Crippen LogP contribution in [-0.4, -0.2) is 20.7 Å². The number of fused-ring (bicyclic) bond motifs is 1. The first-order valence-corrected chi connectivity index (χ1v) is 8.70. The highest BCUT2D eigenvalue weighted by molar-refractivity contribution is 6.11. The van der Waals surface area contributed by atoms with Gasteiger partial charge in [0.2, 0.25) is 0 Å². The Hall–Kier alpha value is -3.74. The van der Waals surface area contributed by atoms with Crippen LogP contribution in [0.1, 0.15) is 21.6 Å². The van der Waals surface area contributed by atoms with E-state index in [1.807, 2.05) is 0 Å². The molecule has 2 aromatic carbocycles. The molecular formula is C21H17FN4O2. The standard InChI is InChI=1S/C21H17FN4O2/c1-13-8-19(27)17-6-3-7-18(20(17)24-13)21(28)25-16-10-23-26(12-16)11-14-4-2-5-15(22)9-14/h2-10,12H,11H2,1H3,(H,24,27)(H,25,28). The molecule has 7 heteroatoms. The van der Waals surface area contributed by atoms with Gasteiger partial charge in [-0.25, -0.2) is 4.39 Å². The first-order chi connectivity index (χ1) is 13.5. The number of amides is 1. The number of nitrogens with zero attached hydrogens (tertiary/aromatic N) is 2. The van der Waals surface area contributed by atoms with Gasteiger partial charge >= 0.3 is 0 Å². The summed E-state index contributed by atoms with van der Waals surface area (Å²) < 4.78 is 14.9. The van der Waals surface area contributed by atoms with Crippen molar-refractivity contribution in [2.24, 2.45) is 0 Å². The van der Waals surface area contributed by atoms with Crippen molar-refractivity contribution in [2.45, 2.75) is 13.5 Å². The van der Waals surface area contributed by atoms with Crippen molar-refractivity contribution in [2.75, 3.05) is 5.32 Å². The quantitative estimate of drug-likeness (QED) is 0.572. The number of aromatic nitrogens is 3. The van der Waals surface area contributed by atoms with Gasteiger partial charge in [-0.1, -0.05) is 18.2 Å². The molecule has 0 bridgehead atoms. The van der Waals surface area contributed by atoms with E-state index >= 15 is 0 Å². The van der Waals surface area contributed by atoms with E-state index in [1.165, 1.54) is 24.4 Å². The average molecular weight is 376 g/mol. The zero-order valence-corrected chi connectivity index (χ0v) is 15.1. The second kappa shape index (κ2) is 7.11. The van der Waals surface area contributed by atoms with E-state index in [4.69, 9.17) is 0 Å². The lowest BCUT2D eigenvalue weighted by atomic mass is 10.1. The number of para-hydroxylation sites is 1. The highest BCUT2D eigenvalue weighted by Crippen LogP contribution is 2.17. The van der Waals surface area contributed by atoms with E-state index in [0.29, 0.717) is 34.4 Å². The minimum Gasteiger partial charge on any atom is -0.358 e. The molecule has 0 spiro atoms. The fraction of sp³-hybridized carbons (Fsp3) is 0.0952. The van der Waals surface area contributed by atoms with Gasteiger partial charge in [0.25, 0.3) is 5.91 Å². The SMILES string of the molecule is Cc1cc(=O)c2cccc(C(=O)Nc3cnn(Cc4cccc(F)c4)c3)c2[nH]1. The van der Waals surface area contributed by atoms with Crippen LogP contribution in [0.3, 0.4) is 0 Å². The summed E-state index contributed by atoms with van der Waals surface area (Å²) in [5.41, 5.74) is 2.69. The molecule has 4 aromatic rings. The summed E-state index contributed by atoms with van der Waals surface area (Å²) in [7, 11) is 0. The molecule has 1 amide bonds. The van der Waals surface area contributed by atoms with Crippen LogP contribution < -0.4 is 10.7 Å². The molecule has 2 aromatic heterocycles. The Kier molecular flexibility index (Phi) is 4.49. The molecule has 0 aliphatic carbocycles. The Bertz CT molecular complexity index is 1240. The second-order valence-electron chi connectivity index (χ2n) is 6.56. The summed E-state index contributed by atoms with van der Waals surface area (Å²) in [6.07, 6.45) is 3.19. The van der Waals surface area contributed by atoms with Crippen molar-refractivity contribution in [3.63, 3.8) is 0 Å². The summed E-state index contributed by atoms with van der Waals surface area (Å²) in [6, 6.07) is 12.8. The lowest BCUT2D eigenvalue weighted by molar-refractivity contribution is 0.102. The van der Waals surface area contributed by atoms with Gasteiger partial charge in [0, 0.05) is 23.3 Å². The number of halogens is 1. The number of aryl methyl sites for hydroxylation is 1. The number of benzene rings is 2. The van der Waals surface area contributed by atoms with Crippen LogP contribution >= 0.6 is 0 Å². The molecule has 0 fully saturated rings. The van der Waals surface area contributed by atoms with Crippen LogP contribution in [0.2, 0.25) is 0 Å². The largest absolute Gasteiger partial charge is 0.358 e. The van der Waals surface area contributed by atoms with Crippen LogP contribution in [0.5, 0.6) is 0 Å². The number of pyridine rings is 1. The monoisotopic (exact) mass is 376 g/mol. The molecule has 0 aliphatic heterocycles. The van der Waals surface area contributed by atoms with E-state index in [2.05, 4.69) is 15.4 Å². The maximum atomic E-state index is 13.3. The molecule has 0 saturated heterocycles. The van der Waals surface area contributed by atoms with Crippen molar-refractivity contribution in [1.82, 2.24) is 14.8 Å². The van der Waals surface area contributed by atoms with E-state index in [-0.39, 0.29) is 17.2 Å². The lowest BCUT2D eigenvalue weighted by Gasteiger charge is -2.07. The Balaban J connectivity index is 1.57. The van der Waals surface area contributed by atoms with Crippen LogP contribution in [0.15, 0.2) is 65.7 Å². The molecule has 6 nitrogen and oxygen atoms in total. The number of rotatable bonds is 4. The number of carbonyl (C=O) groups excluding carboxylic acids is 1. The third-order valence-corrected chi connectivity index (χ3v) is 4.37. The molecule has 2 heterocycles. The second-order valence-corrected chi connectivity index (χ2v) is 6.56. The molecular weight excluding hydrogens is 359 g/mol. The molecule has 0 atom stereocenters. The smallest absolute Gasteiger partial charge is 0.257 e. The summed E-state index contributed by atoms with van der Waals surface area (Å²) in [5, 5.41) is 7.45. The van der Waals surface area contributed by atoms with Crippen LogP contribution in [0.25, 0.3) is 10.9 Å². The molecule has 0 saturated carbocycles. The van der Waals surface area contributed by atoms with E-state index < -0.39 is 0 Å². The number of hydrogen-bond donors (Lipinski definition) is 2. The van der Waals surface area contributed by atoms with Crippen LogP contribution in [0, 0.1) is 12.7 Å². The zero-order valence-electron chi connectivity index (χ0n) is 15.1. The van der Waals surface area contributed by atoms with Gasteiger partial charge in [0.05, 0.1) is 29.5 Å². The average Bonchev–Trinajstić information content (AvgIpc) is 3.08. The molecule has 4 rings (SSSR count). The van der Waals surface area contributed by atoms with Gasteiger partial charge in [0.15, 0.2) is 5.43 Å². The van der Waals surface area contributed by atoms with Gasteiger partial charge in [-0.3, -0.25) is 14.3 Å². The topological polar surface area (TPSA) is 79.8 Å². The maximum absolute atomic E-state index is 13.3. The van der Waals surface area contributed by atoms with Crippen molar-refractivity contribution in [3.8, 4) is 0 Å². The summed E-state index contributed by atoms with van der Waals surface area (Å²) in [5.74, 6) is -0.657. The van der Waals surface area contributed by atoms with E-state index in [9.17, 15) is 14.0 Å². The normalized spacial score (nSPS) is 10.9. The number of aromatic amines is 1. The van der Waals surface area contributed by atoms with Gasteiger partial charge in [-0.05, 0) is 36.8 Å². The van der Waals surface area contributed by atoms with Crippen molar-refractivity contribution < 1.29 is 9.18 Å². The number of anilines is 1. The molecule has 0 aliphatic rings. The predicted octanol–water partition coefficient (Wildman–Crippen LogP) is 3.47. The first kappa shape index (κ1) is 17.7. The van der Waals surface area contributed by atoms with Gasteiger partial charge in [-0.2, -0.15) is 5.10 Å². The highest BCUT2D eigenvalue weighted by Gasteiger charge is 2.13. The zero-order chi connectivity index (χ0) is 19.7. The Morgan fingerprint density at radius 2 is 2.04 bits per heavy atom. The Morgan fingerprint density at radius 1 is 1.21 bits per heavy atom.